The molecule has 0 spiro atoms. The molecule has 0 bridgehead atoms. The van der Waals surface area contributed by atoms with Crippen molar-refractivity contribution in [1.29, 1.82) is 0 Å². The van der Waals surface area contributed by atoms with Crippen LogP contribution in [0.4, 0.5) is 11.4 Å². The van der Waals surface area contributed by atoms with Gasteiger partial charge in [0.15, 0.2) is 5.78 Å². The van der Waals surface area contributed by atoms with Gasteiger partial charge >= 0.3 is 5.97 Å². The Hall–Kier alpha value is -3.41. The molecule has 0 fully saturated rings. The van der Waals surface area contributed by atoms with Crippen molar-refractivity contribution in [2.45, 2.75) is 0 Å². The lowest BCUT2D eigenvalue weighted by molar-refractivity contribution is -0.112. The van der Waals surface area contributed by atoms with E-state index >= 15 is 0 Å². The van der Waals surface area contributed by atoms with Crippen LogP contribution in [0.25, 0.3) is 0 Å². The van der Waals surface area contributed by atoms with Crippen LogP contribution < -0.4 is 10.6 Å². The highest BCUT2D eigenvalue weighted by atomic mass is 16.5. The Morgan fingerprint density at radius 2 is 1.71 bits per heavy atom. The first-order valence-corrected chi connectivity index (χ1v) is 7.20. The highest BCUT2D eigenvalue weighted by Crippen LogP contribution is 2.29. The van der Waals surface area contributed by atoms with E-state index in [9.17, 15) is 14.4 Å². The van der Waals surface area contributed by atoms with Gasteiger partial charge in [0.25, 0.3) is 5.91 Å². The number of fused-ring (bicyclic) bond motifs is 1. The van der Waals surface area contributed by atoms with Crippen LogP contribution in [0, 0.1) is 0 Å². The molecule has 1 amide bonds. The van der Waals surface area contributed by atoms with E-state index in [0.29, 0.717) is 22.5 Å². The van der Waals surface area contributed by atoms with Gasteiger partial charge in [0.1, 0.15) is 5.70 Å². The Bertz CT molecular complexity index is 857. The third-order valence-electron chi connectivity index (χ3n) is 3.54. The number of rotatable bonds is 3. The average Bonchev–Trinajstić information content (AvgIpc) is 2.62. The van der Waals surface area contributed by atoms with E-state index in [-0.39, 0.29) is 11.5 Å². The van der Waals surface area contributed by atoms with Crippen LogP contribution in [0.5, 0.6) is 0 Å². The Morgan fingerprint density at radius 1 is 0.958 bits per heavy atom. The van der Waals surface area contributed by atoms with Crippen LogP contribution in [0.3, 0.4) is 0 Å². The maximum Gasteiger partial charge on any atom is 0.337 e. The fourth-order valence-electron chi connectivity index (χ4n) is 2.31. The molecule has 1 aliphatic rings. The molecule has 6 nitrogen and oxygen atoms in total. The number of methoxy groups -OCH3 is 1. The van der Waals surface area contributed by atoms with Gasteiger partial charge in [0.2, 0.25) is 0 Å². The fourth-order valence-corrected chi connectivity index (χ4v) is 2.31. The van der Waals surface area contributed by atoms with E-state index in [1.54, 1.807) is 36.4 Å². The Morgan fingerprint density at radius 3 is 2.42 bits per heavy atom. The van der Waals surface area contributed by atoms with Gasteiger partial charge in [-0.05, 0) is 18.2 Å². The molecule has 0 saturated carbocycles. The Kier molecular flexibility index (Phi) is 4.11. The molecule has 24 heavy (non-hydrogen) atoms. The summed E-state index contributed by atoms with van der Waals surface area (Å²) in [7, 11) is 1.29. The molecule has 2 N–H and O–H groups in total. The summed E-state index contributed by atoms with van der Waals surface area (Å²) >= 11 is 0. The highest BCUT2D eigenvalue weighted by Gasteiger charge is 2.22. The number of hydrogen-bond acceptors (Lipinski definition) is 5. The number of nitrogens with one attached hydrogen (secondary N) is 2. The van der Waals surface area contributed by atoms with Crippen molar-refractivity contribution >= 4 is 29.0 Å². The van der Waals surface area contributed by atoms with Gasteiger partial charge in [0.05, 0.1) is 24.0 Å². The first-order chi connectivity index (χ1) is 11.6. The molecular weight excluding hydrogens is 308 g/mol. The lowest BCUT2D eigenvalue weighted by atomic mass is 10.1. The van der Waals surface area contributed by atoms with Gasteiger partial charge in [-0.2, -0.15) is 0 Å². The van der Waals surface area contributed by atoms with Crippen molar-refractivity contribution in [3.63, 3.8) is 0 Å². The number of amides is 1. The number of carbonyl (C=O) groups excluding carboxylic acids is 3. The van der Waals surface area contributed by atoms with Crippen LogP contribution in [-0.2, 0) is 9.53 Å². The molecule has 3 rings (SSSR count). The third-order valence-corrected chi connectivity index (χ3v) is 3.54. The maximum atomic E-state index is 12.2. The van der Waals surface area contributed by atoms with Gasteiger partial charge in [-0.15, -0.1) is 0 Å². The first kappa shape index (κ1) is 15.5. The zero-order valence-electron chi connectivity index (χ0n) is 12.8. The predicted octanol–water partition coefficient (Wildman–Crippen LogP) is 2.60. The van der Waals surface area contributed by atoms with E-state index in [4.69, 9.17) is 0 Å². The number of benzene rings is 2. The molecule has 0 unspecified atom stereocenters. The Labute approximate surface area is 138 Å². The number of esters is 1. The van der Waals surface area contributed by atoms with Crippen LogP contribution >= 0.6 is 0 Å². The zero-order chi connectivity index (χ0) is 17.1. The second-order valence-electron chi connectivity index (χ2n) is 5.12. The van der Waals surface area contributed by atoms with Gasteiger partial charge in [-0.25, -0.2) is 4.79 Å². The Balaban J connectivity index is 1.87. The van der Waals surface area contributed by atoms with Crippen molar-refractivity contribution < 1.29 is 19.1 Å². The molecule has 120 valence electrons. The summed E-state index contributed by atoms with van der Waals surface area (Å²) in [5, 5.41) is 5.56. The average molecular weight is 322 g/mol. The topological polar surface area (TPSA) is 84.5 Å². The molecule has 0 aromatic heterocycles. The van der Waals surface area contributed by atoms with Crippen molar-refractivity contribution in [3.8, 4) is 0 Å². The standard InChI is InChI=1S/C18H14N2O4/c1-24-18(23)12-7-8-13-14(9-12)20-17(22)15(19-13)10-16(21)11-5-3-2-4-6-11/h2-10,19H,1H3,(H,20,22)/b15-10-. The number of ether oxygens (including phenoxy) is 1. The second kappa shape index (κ2) is 6.37. The summed E-state index contributed by atoms with van der Waals surface area (Å²) in [5.41, 5.74) is 2.00. The minimum Gasteiger partial charge on any atom is -0.465 e. The normalized spacial score (nSPS) is 14.4. The number of anilines is 2. The van der Waals surface area contributed by atoms with Crippen molar-refractivity contribution in [2.75, 3.05) is 17.7 Å². The van der Waals surface area contributed by atoms with Crippen molar-refractivity contribution in [3.05, 3.63) is 71.4 Å². The fraction of sp³-hybridized carbons (Fsp3) is 0.0556. The molecule has 0 aliphatic carbocycles. The van der Waals surface area contributed by atoms with E-state index in [1.165, 1.54) is 19.3 Å². The van der Waals surface area contributed by atoms with E-state index in [2.05, 4.69) is 15.4 Å². The molecule has 0 radical (unpaired) electrons. The van der Waals surface area contributed by atoms with Crippen LogP contribution in [0.2, 0.25) is 0 Å². The minimum absolute atomic E-state index is 0.141. The number of hydrogen-bond donors (Lipinski definition) is 2. The van der Waals surface area contributed by atoms with Crippen LogP contribution in [0.15, 0.2) is 60.3 Å². The zero-order valence-corrected chi connectivity index (χ0v) is 12.8. The summed E-state index contributed by atoms with van der Waals surface area (Å²) in [6.45, 7) is 0. The molecule has 1 aliphatic heterocycles. The van der Waals surface area contributed by atoms with Crippen molar-refractivity contribution in [2.24, 2.45) is 0 Å². The molecule has 2 aromatic carbocycles. The number of allylic oxidation sites excluding steroid dienone is 1. The summed E-state index contributed by atoms with van der Waals surface area (Å²) in [4.78, 5) is 35.9. The molecule has 1 heterocycles. The largest absolute Gasteiger partial charge is 0.465 e. The summed E-state index contributed by atoms with van der Waals surface area (Å²) in [5.74, 6) is -1.22. The van der Waals surface area contributed by atoms with Gasteiger partial charge < -0.3 is 15.4 Å². The van der Waals surface area contributed by atoms with Crippen molar-refractivity contribution in [1.82, 2.24) is 0 Å². The predicted molar refractivity (Wildman–Crippen MR) is 88.9 cm³/mol. The lowest BCUT2D eigenvalue weighted by Gasteiger charge is -2.21. The van der Waals surface area contributed by atoms with Gasteiger partial charge in [0, 0.05) is 11.6 Å². The minimum atomic E-state index is -0.493. The molecule has 0 atom stereocenters. The molecule has 6 heteroatoms. The smallest absolute Gasteiger partial charge is 0.337 e. The lowest BCUT2D eigenvalue weighted by Crippen LogP contribution is -2.26. The van der Waals surface area contributed by atoms with E-state index in [0.717, 1.165) is 0 Å². The van der Waals surface area contributed by atoms with Crippen LogP contribution in [0.1, 0.15) is 20.7 Å². The number of ketones is 1. The summed E-state index contributed by atoms with van der Waals surface area (Å²) in [6, 6.07) is 13.4. The highest BCUT2D eigenvalue weighted by molar-refractivity contribution is 6.17. The maximum absolute atomic E-state index is 12.2. The van der Waals surface area contributed by atoms with E-state index in [1.807, 2.05) is 6.07 Å². The molecule has 0 saturated heterocycles. The quantitative estimate of drug-likeness (QED) is 0.515. The summed E-state index contributed by atoms with van der Waals surface area (Å²) in [6.07, 6.45) is 1.25. The SMILES string of the molecule is COC(=O)c1ccc2c(c1)NC(=O)/C(=C/C(=O)c1ccccc1)N2. The van der Waals surface area contributed by atoms with E-state index < -0.39 is 11.9 Å². The van der Waals surface area contributed by atoms with Gasteiger partial charge in [-0.3, -0.25) is 9.59 Å². The molecular formula is C18H14N2O4. The third kappa shape index (κ3) is 3.03. The first-order valence-electron chi connectivity index (χ1n) is 7.20. The van der Waals surface area contributed by atoms with Crippen LogP contribution in [-0.4, -0.2) is 24.8 Å². The summed E-state index contributed by atoms with van der Waals surface area (Å²) < 4.78 is 4.65. The second-order valence-corrected chi connectivity index (χ2v) is 5.12. The monoisotopic (exact) mass is 322 g/mol. The van der Waals surface area contributed by atoms with Gasteiger partial charge in [-0.1, -0.05) is 30.3 Å². The number of carbonyl (C=O) groups is 3. The molecule has 2 aromatic rings.